The van der Waals surface area contributed by atoms with E-state index in [0.29, 0.717) is 23.2 Å². The lowest BCUT2D eigenvalue weighted by Crippen LogP contribution is -2.32. The average Bonchev–Trinajstić information content (AvgIpc) is 3.74. The fourth-order valence-electron chi connectivity index (χ4n) is 5.15. The fourth-order valence-corrected chi connectivity index (χ4v) is 5.15. The largest absolute Gasteiger partial charge is 0.444 e. The highest BCUT2D eigenvalue weighted by molar-refractivity contribution is 6.03. The smallest absolute Gasteiger partial charge is 0.435 e. The number of alkyl carbamates (subject to hydrolysis) is 1. The molecule has 1 aliphatic carbocycles. The van der Waals surface area contributed by atoms with Crippen LogP contribution in [0.5, 0.6) is 0 Å². The van der Waals surface area contributed by atoms with Crippen molar-refractivity contribution >= 4 is 17.7 Å². The zero-order valence-electron chi connectivity index (χ0n) is 25.9. The molecule has 2 amide bonds. The van der Waals surface area contributed by atoms with E-state index >= 15 is 4.39 Å². The summed E-state index contributed by atoms with van der Waals surface area (Å²) < 4.78 is 62.6. The highest BCUT2D eigenvalue weighted by Crippen LogP contribution is 2.38. The predicted molar refractivity (Wildman–Crippen MR) is 165 cm³/mol. The van der Waals surface area contributed by atoms with Crippen LogP contribution in [0.25, 0.3) is 5.69 Å². The van der Waals surface area contributed by atoms with Crippen molar-refractivity contribution in [1.29, 1.82) is 0 Å². The normalized spacial score (nSPS) is 14.2. The third-order valence-electron chi connectivity index (χ3n) is 7.42. The summed E-state index contributed by atoms with van der Waals surface area (Å²) in [6, 6.07) is 21.0. The zero-order chi connectivity index (χ0) is 33.2. The summed E-state index contributed by atoms with van der Waals surface area (Å²) in [5.74, 6) is -1.72. The zero-order valence-corrected chi connectivity index (χ0v) is 25.9. The van der Waals surface area contributed by atoms with Crippen molar-refractivity contribution in [1.82, 2.24) is 20.0 Å². The van der Waals surface area contributed by atoms with Gasteiger partial charge in [-0.25, -0.2) is 13.9 Å². The molecule has 0 aliphatic heterocycles. The van der Waals surface area contributed by atoms with Crippen molar-refractivity contribution in [3.8, 4) is 5.69 Å². The van der Waals surface area contributed by atoms with Crippen LogP contribution in [-0.4, -0.2) is 45.4 Å². The molecule has 1 aliphatic rings. The third kappa shape index (κ3) is 7.92. The number of rotatable bonds is 9. The number of carbonyl (C=O) groups is 2. The molecule has 2 N–H and O–H groups in total. The number of hydrogen-bond donors (Lipinski definition) is 2. The number of anilines is 1. The molecule has 4 aromatic rings. The second-order valence-electron chi connectivity index (χ2n) is 12.3. The van der Waals surface area contributed by atoms with Gasteiger partial charge >= 0.3 is 12.3 Å². The summed E-state index contributed by atoms with van der Waals surface area (Å²) in [6.45, 7) is 5.15. The lowest BCUT2D eigenvalue weighted by molar-refractivity contribution is -0.141. The molecular weight excluding hydrogens is 602 g/mol. The average molecular weight is 638 g/mol. The van der Waals surface area contributed by atoms with Gasteiger partial charge in [0.25, 0.3) is 5.91 Å². The first kappa shape index (κ1) is 32.7. The molecule has 1 unspecified atom stereocenters. The van der Waals surface area contributed by atoms with E-state index in [1.807, 2.05) is 37.4 Å². The number of nitrogens with zero attached hydrogens (tertiary/aromatic N) is 3. The van der Waals surface area contributed by atoms with E-state index in [0.717, 1.165) is 23.1 Å². The van der Waals surface area contributed by atoms with Crippen LogP contribution in [0.1, 0.15) is 72.5 Å². The lowest BCUT2D eigenvalue weighted by atomic mass is 9.96. The van der Waals surface area contributed by atoms with Crippen molar-refractivity contribution in [3.63, 3.8) is 0 Å². The summed E-state index contributed by atoms with van der Waals surface area (Å²) in [5, 5.41) is 8.74. The van der Waals surface area contributed by atoms with Gasteiger partial charge in [-0.1, -0.05) is 48.5 Å². The van der Waals surface area contributed by atoms with E-state index in [9.17, 15) is 22.8 Å². The number of amides is 2. The van der Waals surface area contributed by atoms with Crippen molar-refractivity contribution < 1.29 is 31.9 Å². The topological polar surface area (TPSA) is 88.5 Å². The van der Waals surface area contributed by atoms with Gasteiger partial charge in [-0.15, -0.1) is 0 Å². The number of alkyl halides is 3. The van der Waals surface area contributed by atoms with Gasteiger partial charge in [0, 0.05) is 18.7 Å². The van der Waals surface area contributed by atoms with E-state index in [2.05, 4.69) is 20.6 Å². The molecule has 0 bridgehead atoms. The number of nitrogens with one attached hydrogen (secondary N) is 2. The molecule has 46 heavy (non-hydrogen) atoms. The minimum absolute atomic E-state index is 0.00751. The molecule has 12 heteroatoms. The maximum absolute atomic E-state index is 15.1. The number of benzene rings is 3. The van der Waals surface area contributed by atoms with Crippen molar-refractivity contribution in [2.75, 3.05) is 12.4 Å². The van der Waals surface area contributed by atoms with Gasteiger partial charge in [0.1, 0.15) is 17.1 Å². The van der Waals surface area contributed by atoms with Crippen LogP contribution in [0.15, 0.2) is 78.9 Å². The number of aromatic nitrogens is 2. The summed E-state index contributed by atoms with van der Waals surface area (Å²) in [5.41, 5.74) is -0.293. The Kier molecular flexibility index (Phi) is 9.20. The molecule has 3 aromatic carbocycles. The first-order valence-electron chi connectivity index (χ1n) is 14.8. The Morgan fingerprint density at radius 2 is 1.70 bits per heavy atom. The third-order valence-corrected chi connectivity index (χ3v) is 7.42. The summed E-state index contributed by atoms with van der Waals surface area (Å²) in [4.78, 5) is 27.8. The lowest BCUT2D eigenvalue weighted by Gasteiger charge is -2.29. The van der Waals surface area contributed by atoms with E-state index in [4.69, 9.17) is 4.74 Å². The first-order chi connectivity index (χ1) is 21.7. The van der Waals surface area contributed by atoms with Crippen LogP contribution in [0.2, 0.25) is 0 Å². The maximum atomic E-state index is 15.1. The van der Waals surface area contributed by atoms with Crippen LogP contribution < -0.4 is 10.6 Å². The Balaban J connectivity index is 1.44. The van der Waals surface area contributed by atoms with Crippen LogP contribution in [0.3, 0.4) is 0 Å². The van der Waals surface area contributed by atoms with Gasteiger partial charge in [-0.2, -0.15) is 18.3 Å². The molecule has 0 spiro atoms. The SMILES string of the molecule is CN(C1CC1)C(c1ccccc1)c1ccc(F)c(NC(=O)c2cc(C(F)(F)F)nn2-c2cccc(CNC(=O)OC(C)(C)C)c2)c1. The Morgan fingerprint density at radius 3 is 2.35 bits per heavy atom. The van der Waals surface area contributed by atoms with Crippen LogP contribution >= 0.6 is 0 Å². The van der Waals surface area contributed by atoms with Crippen LogP contribution in [0.4, 0.5) is 28.0 Å². The number of hydrogen-bond acceptors (Lipinski definition) is 5. The molecule has 1 atom stereocenters. The Hall–Kier alpha value is -4.71. The number of halogens is 4. The minimum atomic E-state index is -4.85. The fraction of sp³-hybridized carbons (Fsp3) is 0.324. The van der Waals surface area contributed by atoms with Gasteiger partial charge in [0.15, 0.2) is 5.69 Å². The molecule has 0 radical (unpaired) electrons. The Morgan fingerprint density at radius 1 is 0.978 bits per heavy atom. The summed E-state index contributed by atoms with van der Waals surface area (Å²) >= 11 is 0. The molecule has 1 fully saturated rings. The number of carbonyl (C=O) groups excluding carboxylic acids is 2. The van der Waals surface area contributed by atoms with Gasteiger partial charge in [0.05, 0.1) is 17.4 Å². The van der Waals surface area contributed by atoms with Crippen LogP contribution in [0, 0.1) is 5.82 Å². The molecule has 5 rings (SSSR count). The van der Waals surface area contributed by atoms with Gasteiger partial charge in [-0.3, -0.25) is 9.69 Å². The Labute approximate surface area is 264 Å². The standard InChI is InChI=1S/C34H35F4N5O3/c1-33(2,3)46-32(45)39-20-21-9-8-12-25(17-21)43-28(19-29(41-43)34(36,37)38)31(44)40-27-18-23(13-16-26(27)35)30(42(4)24-14-15-24)22-10-6-5-7-11-22/h5-13,16-19,24,30H,14-15,20H2,1-4H3,(H,39,45)(H,40,44). The minimum Gasteiger partial charge on any atom is -0.444 e. The van der Waals surface area contributed by atoms with E-state index < -0.39 is 41.0 Å². The highest BCUT2D eigenvalue weighted by atomic mass is 19.4. The second kappa shape index (κ2) is 13.0. The molecule has 1 heterocycles. The Bertz CT molecular complexity index is 1710. The molecule has 0 saturated heterocycles. The van der Waals surface area contributed by atoms with E-state index in [1.54, 1.807) is 39.0 Å². The highest BCUT2D eigenvalue weighted by Gasteiger charge is 2.37. The van der Waals surface area contributed by atoms with E-state index in [-0.39, 0.29) is 24.0 Å². The van der Waals surface area contributed by atoms with E-state index in [1.165, 1.54) is 24.3 Å². The van der Waals surface area contributed by atoms with Crippen molar-refractivity contribution in [2.45, 2.75) is 64.0 Å². The molecular formula is C34H35F4N5O3. The van der Waals surface area contributed by atoms with Crippen molar-refractivity contribution in [3.05, 3.63) is 113 Å². The van der Waals surface area contributed by atoms with Gasteiger partial charge < -0.3 is 15.4 Å². The van der Waals surface area contributed by atoms with Crippen molar-refractivity contribution in [2.24, 2.45) is 0 Å². The first-order valence-corrected chi connectivity index (χ1v) is 14.8. The quantitative estimate of drug-likeness (QED) is 0.186. The molecule has 8 nitrogen and oxygen atoms in total. The molecule has 242 valence electrons. The monoisotopic (exact) mass is 637 g/mol. The van der Waals surface area contributed by atoms with Gasteiger partial charge in [0.2, 0.25) is 0 Å². The maximum Gasteiger partial charge on any atom is 0.435 e. The summed E-state index contributed by atoms with van der Waals surface area (Å²) in [6.07, 6.45) is -3.45. The molecule has 1 saturated carbocycles. The van der Waals surface area contributed by atoms with Crippen LogP contribution in [-0.2, 0) is 17.5 Å². The summed E-state index contributed by atoms with van der Waals surface area (Å²) in [7, 11) is 1.99. The second-order valence-corrected chi connectivity index (χ2v) is 12.3. The number of ether oxygens (including phenoxy) is 1. The van der Waals surface area contributed by atoms with Gasteiger partial charge in [-0.05, 0) is 81.6 Å². The molecule has 1 aromatic heterocycles. The predicted octanol–water partition coefficient (Wildman–Crippen LogP) is 7.49.